The number of aliphatic carboxylic acids is 3. The van der Waals surface area contributed by atoms with Crippen molar-refractivity contribution in [3.05, 3.63) is 0 Å². The van der Waals surface area contributed by atoms with Crippen LogP contribution in [0.5, 0.6) is 0 Å². The maximum absolute atomic E-state index is 8.89. The van der Waals surface area contributed by atoms with Crippen molar-refractivity contribution >= 4 is 17.9 Å². The van der Waals surface area contributed by atoms with Crippen LogP contribution in [-0.4, -0.2) is 39.8 Å². The van der Waals surface area contributed by atoms with Gasteiger partial charge in [-0.15, -0.1) is 0 Å². The fourth-order valence-corrected chi connectivity index (χ4v) is 0. The topological polar surface area (TPSA) is 246 Å². The summed E-state index contributed by atoms with van der Waals surface area (Å²) in [6, 6.07) is 0. The third kappa shape index (κ3) is 1550. The Bertz CT molecular complexity index is 118. The second-order valence-corrected chi connectivity index (χ2v) is 1.47. The molecule has 0 aliphatic carbocycles. The van der Waals surface area contributed by atoms with Crippen LogP contribution < -0.4 is 15.3 Å². The zero-order chi connectivity index (χ0) is 10.7. The molecule has 11 heteroatoms. The number of carbonyl (C=O) groups is 3. The molecule has 0 amide bonds. The molecule has 17 heavy (non-hydrogen) atoms. The zero-order valence-electron chi connectivity index (χ0n) is 9.28. The Balaban J connectivity index is -0.0000000104. The van der Waals surface area contributed by atoms with Gasteiger partial charge < -0.3 is 51.6 Å². The van der Waals surface area contributed by atoms with Gasteiger partial charge in [-0.3, -0.25) is 0 Å². The standard InChI is InChI=1S/3C2H4O2.Co.4H2O/c3*1-2(3)4;;;;;/h3*1H3,(H,3,4);;4*1H2/q;;;+3;;;;/p-3. The van der Waals surface area contributed by atoms with Crippen LogP contribution in [0.3, 0.4) is 0 Å². The summed E-state index contributed by atoms with van der Waals surface area (Å²) in [7, 11) is 0. The largest absolute Gasteiger partial charge is 3.00 e. The maximum atomic E-state index is 8.89. The summed E-state index contributed by atoms with van der Waals surface area (Å²) < 4.78 is 0. The van der Waals surface area contributed by atoms with Gasteiger partial charge in [0.15, 0.2) is 0 Å². The molecule has 0 saturated carbocycles. The number of carboxylic acid groups (broad SMARTS) is 3. The maximum Gasteiger partial charge on any atom is 3.00 e. The minimum atomic E-state index is -1.08. The van der Waals surface area contributed by atoms with E-state index in [1.807, 2.05) is 0 Å². The fourth-order valence-electron chi connectivity index (χ4n) is 0. The Morgan fingerprint density at radius 3 is 0.588 bits per heavy atom. The number of hydrogen-bond acceptors (Lipinski definition) is 6. The number of carboxylic acids is 3. The molecule has 0 aliphatic rings. The second kappa shape index (κ2) is 46.4. The van der Waals surface area contributed by atoms with Crippen molar-refractivity contribution < 1.29 is 68.4 Å². The molecule has 0 radical (unpaired) electrons. The van der Waals surface area contributed by atoms with E-state index in [9.17, 15) is 0 Å². The number of hydrogen-bond donors (Lipinski definition) is 0. The molecule has 0 atom stereocenters. The van der Waals surface area contributed by atoms with Crippen LogP contribution in [0.4, 0.5) is 0 Å². The molecule has 0 heterocycles. The average Bonchev–Trinajstić information content (AvgIpc) is 1.54. The molecular formula is C6H17CoO10. The Morgan fingerprint density at radius 1 is 0.588 bits per heavy atom. The van der Waals surface area contributed by atoms with E-state index in [-0.39, 0.29) is 38.7 Å². The van der Waals surface area contributed by atoms with Crippen LogP contribution in [0.2, 0.25) is 0 Å². The predicted molar refractivity (Wildman–Crippen MR) is 46.5 cm³/mol. The molecule has 0 fully saturated rings. The van der Waals surface area contributed by atoms with Crippen molar-refractivity contribution in [2.24, 2.45) is 0 Å². The van der Waals surface area contributed by atoms with Gasteiger partial charge in [-0.1, -0.05) is 0 Å². The molecule has 0 unspecified atom stereocenters. The molecule has 0 bridgehead atoms. The van der Waals surface area contributed by atoms with Crippen LogP contribution in [0, 0.1) is 0 Å². The van der Waals surface area contributed by atoms with Gasteiger partial charge in [0.2, 0.25) is 0 Å². The normalized spacial score (nSPS) is 4.41. The van der Waals surface area contributed by atoms with Crippen molar-refractivity contribution in [3.63, 3.8) is 0 Å². The Labute approximate surface area is 108 Å². The van der Waals surface area contributed by atoms with Crippen molar-refractivity contribution in [2.75, 3.05) is 0 Å². The van der Waals surface area contributed by atoms with E-state index in [0.717, 1.165) is 20.8 Å². The van der Waals surface area contributed by atoms with E-state index in [2.05, 4.69) is 0 Å². The number of rotatable bonds is 0. The van der Waals surface area contributed by atoms with E-state index < -0.39 is 17.9 Å². The Kier molecular flexibility index (Phi) is 156. The first-order chi connectivity index (χ1) is 5.20. The van der Waals surface area contributed by atoms with E-state index in [1.54, 1.807) is 0 Å². The van der Waals surface area contributed by atoms with Crippen LogP contribution >= 0.6 is 0 Å². The third-order valence-electron chi connectivity index (χ3n) is 0. The monoisotopic (exact) mass is 308 g/mol. The molecule has 0 aliphatic heterocycles. The minimum absolute atomic E-state index is 0. The average molecular weight is 308 g/mol. The molecule has 0 aromatic rings. The van der Waals surface area contributed by atoms with Crippen LogP contribution in [-0.2, 0) is 31.2 Å². The summed E-state index contributed by atoms with van der Waals surface area (Å²) in [6.45, 7) is 2.92. The van der Waals surface area contributed by atoms with Crippen LogP contribution in [0.15, 0.2) is 0 Å². The first kappa shape index (κ1) is 57.0. The van der Waals surface area contributed by atoms with Crippen molar-refractivity contribution in [1.29, 1.82) is 0 Å². The van der Waals surface area contributed by atoms with E-state index in [0.29, 0.717) is 0 Å². The molecule has 110 valence electrons. The molecule has 10 nitrogen and oxygen atoms in total. The summed E-state index contributed by atoms with van der Waals surface area (Å²) in [6.07, 6.45) is 0. The molecule has 0 saturated heterocycles. The summed E-state index contributed by atoms with van der Waals surface area (Å²) in [4.78, 5) is 26.7. The smallest absolute Gasteiger partial charge is 0.550 e. The van der Waals surface area contributed by atoms with Gasteiger partial charge >= 0.3 is 16.8 Å². The van der Waals surface area contributed by atoms with Gasteiger partial charge in [0, 0.05) is 17.9 Å². The quantitative estimate of drug-likeness (QED) is 0.419. The first-order valence-corrected chi connectivity index (χ1v) is 2.72. The van der Waals surface area contributed by atoms with Gasteiger partial charge in [-0.25, -0.2) is 0 Å². The third-order valence-corrected chi connectivity index (χ3v) is 0. The van der Waals surface area contributed by atoms with Crippen molar-refractivity contribution in [2.45, 2.75) is 20.8 Å². The van der Waals surface area contributed by atoms with E-state index >= 15 is 0 Å². The molecule has 0 spiro atoms. The summed E-state index contributed by atoms with van der Waals surface area (Å²) in [5.41, 5.74) is 0. The summed E-state index contributed by atoms with van der Waals surface area (Å²) >= 11 is 0. The summed E-state index contributed by atoms with van der Waals surface area (Å²) in [5.74, 6) is -3.25. The Morgan fingerprint density at radius 2 is 0.588 bits per heavy atom. The van der Waals surface area contributed by atoms with Crippen LogP contribution in [0.25, 0.3) is 0 Å². The van der Waals surface area contributed by atoms with Gasteiger partial charge in [0.1, 0.15) is 0 Å². The van der Waals surface area contributed by atoms with E-state index in [1.165, 1.54) is 0 Å². The van der Waals surface area contributed by atoms with Crippen molar-refractivity contribution in [3.8, 4) is 0 Å². The SMILES string of the molecule is CC(=O)[O-].CC(=O)[O-].CC(=O)[O-].O.O.O.O.[Co+3]. The minimum Gasteiger partial charge on any atom is -0.550 e. The first-order valence-electron chi connectivity index (χ1n) is 2.72. The molecule has 0 aromatic heterocycles. The molecule has 0 aromatic carbocycles. The molecule has 0 rings (SSSR count). The van der Waals surface area contributed by atoms with Gasteiger partial charge in [-0.2, -0.15) is 0 Å². The number of carbonyl (C=O) groups excluding carboxylic acids is 3. The van der Waals surface area contributed by atoms with E-state index in [4.69, 9.17) is 29.7 Å². The fraction of sp³-hybridized carbons (Fsp3) is 0.500. The van der Waals surface area contributed by atoms with Gasteiger partial charge in [0.25, 0.3) is 0 Å². The Hall–Kier alpha value is -1.24. The van der Waals surface area contributed by atoms with Gasteiger partial charge in [0.05, 0.1) is 0 Å². The molecule has 8 N–H and O–H groups in total. The van der Waals surface area contributed by atoms with Gasteiger partial charge in [-0.05, 0) is 20.8 Å². The van der Waals surface area contributed by atoms with Crippen molar-refractivity contribution in [1.82, 2.24) is 0 Å². The zero-order valence-corrected chi connectivity index (χ0v) is 10.3. The second-order valence-electron chi connectivity index (χ2n) is 1.47. The summed E-state index contributed by atoms with van der Waals surface area (Å²) in [5, 5.41) is 26.7. The van der Waals surface area contributed by atoms with Crippen LogP contribution in [0.1, 0.15) is 20.8 Å². The molecular weight excluding hydrogens is 291 g/mol. The predicted octanol–water partition coefficient (Wildman–Crippen LogP) is -7.03.